The zero-order valence-corrected chi connectivity index (χ0v) is 16.6. The molecule has 0 spiro atoms. The lowest BCUT2D eigenvalue weighted by molar-refractivity contribution is -0.119. The van der Waals surface area contributed by atoms with E-state index in [0.717, 1.165) is 16.3 Å². The van der Waals surface area contributed by atoms with Gasteiger partial charge in [-0.1, -0.05) is 19.1 Å². The van der Waals surface area contributed by atoms with E-state index >= 15 is 0 Å². The van der Waals surface area contributed by atoms with Gasteiger partial charge in [-0.05, 0) is 49.2 Å². The number of nitrogens with one attached hydrogen (secondary N) is 2. The van der Waals surface area contributed by atoms with Crippen LogP contribution in [0.3, 0.4) is 0 Å². The Morgan fingerprint density at radius 3 is 2.22 bits per heavy atom. The predicted octanol–water partition coefficient (Wildman–Crippen LogP) is 3.32. The van der Waals surface area contributed by atoms with Crippen LogP contribution in [0.5, 0.6) is 5.75 Å². The number of carbonyl (C=O) groups is 2. The highest BCUT2D eigenvalue weighted by atomic mass is 32.2. The van der Waals surface area contributed by atoms with Crippen LogP contribution in [0.25, 0.3) is 0 Å². The molecule has 27 heavy (non-hydrogen) atoms. The number of ether oxygens (including phenoxy) is 1. The first-order valence-electron chi connectivity index (χ1n) is 8.64. The maximum Gasteiger partial charge on any atom is 0.238 e. The summed E-state index contributed by atoms with van der Waals surface area (Å²) in [6.07, 6.45) is 1.97. The van der Waals surface area contributed by atoms with E-state index in [9.17, 15) is 9.59 Å². The van der Waals surface area contributed by atoms with Crippen molar-refractivity contribution < 1.29 is 14.3 Å². The Kier molecular flexibility index (Phi) is 8.16. The van der Waals surface area contributed by atoms with Crippen LogP contribution < -0.4 is 15.4 Å². The van der Waals surface area contributed by atoms with E-state index in [1.165, 1.54) is 0 Å². The van der Waals surface area contributed by atoms with Crippen molar-refractivity contribution in [2.75, 3.05) is 43.6 Å². The van der Waals surface area contributed by atoms with Gasteiger partial charge in [-0.15, -0.1) is 11.8 Å². The number of carbonyl (C=O) groups excluding carboxylic acids is 2. The van der Waals surface area contributed by atoms with Crippen molar-refractivity contribution in [1.29, 1.82) is 0 Å². The molecule has 2 rings (SSSR count). The maximum atomic E-state index is 12.4. The molecular formula is C20H25N3O3S. The first-order valence-corrected chi connectivity index (χ1v) is 9.87. The lowest BCUT2D eigenvalue weighted by Gasteiger charge is -2.20. The minimum Gasteiger partial charge on any atom is -0.497 e. The van der Waals surface area contributed by atoms with E-state index in [1.54, 1.807) is 48.0 Å². The van der Waals surface area contributed by atoms with Crippen molar-refractivity contribution in [2.45, 2.75) is 11.8 Å². The van der Waals surface area contributed by atoms with E-state index in [1.807, 2.05) is 37.4 Å². The topological polar surface area (TPSA) is 70.7 Å². The summed E-state index contributed by atoms with van der Waals surface area (Å²) < 4.78 is 5.10. The van der Waals surface area contributed by atoms with E-state index < -0.39 is 0 Å². The molecule has 0 aliphatic carbocycles. The molecule has 0 radical (unpaired) electrons. The number of thioether (sulfide) groups is 1. The molecule has 6 nitrogen and oxygen atoms in total. The van der Waals surface area contributed by atoms with Gasteiger partial charge < -0.3 is 15.4 Å². The van der Waals surface area contributed by atoms with Gasteiger partial charge in [-0.25, -0.2) is 0 Å². The average Bonchev–Trinajstić information content (AvgIpc) is 2.68. The summed E-state index contributed by atoms with van der Waals surface area (Å²) in [5.41, 5.74) is 1.48. The smallest absolute Gasteiger partial charge is 0.238 e. The second-order valence-corrected chi connectivity index (χ2v) is 6.68. The summed E-state index contributed by atoms with van der Waals surface area (Å²) in [4.78, 5) is 27.4. The Bertz CT molecular complexity index is 765. The minimum atomic E-state index is -0.167. The van der Waals surface area contributed by atoms with Gasteiger partial charge >= 0.3 is 0 Å². The largest absolute Gasteiger partial charge is 0.497 e. The lowest BCUT2D eigenvalue weighted by Crippen LogP contribution is -2.38. The van der Waals surface area contributed by atoms with Crippen LogP contribution in [0.1, 0.15) is 6.92 Å². The van der Waals surface area contributed by atoms with Crippen molar-refractivity contribution >= 4 is 35.0 Å². The van der Waals surface area contributed by atoms with Crippen molar-refractivity contribution in [2.24, 2.45) is 0 Å². The van der Waals surface area contributed by atoms with Crippen LogP contribution in [-0.4, -0.2) is 49.7 Å². The highest BCUT2D eigenvalue weighted by molar-refractivity contribution is 7.98. The molecule has 2 amide bonds. The molecule has 7 heteroatoms. The fourth-order valence-corrected chi connectivity index (χ4v) is 3.05. The van der Waals surface area contributed by atoms with Gasteiger partial charge in [0, 0.05) is 10.6 Å². The van der Waals surface area contributed by atoms with Crippen LogP contribution in [-0.2, 0) is 9.59 Å². The van der Waals surface area contributed by atoms with Gasteiger partial charge in [0.1, 0.15) is 5.75 Å². The Morgan fingerprint density at radius 1 is 1.00 bits per heavy atom. The molecule has 0 saturated heterocycles. The molecule has 0 bridgehead atoms. The molecule has 2 N–H and O–H groups in total. The van der Waals surface area contributed by atoms with Crippen LogP contribution >= 0.6 is 11.8 Å². The fraction of sp³-hybridized carbons (Fsp3) is 0.300. The highest BCUT2D eigenvalue weighted by Gasteiger charge is 2.14. The van der Waals surface area contributed by atoms with Gasteiger partial charge in [-0.2, -0.15) is 0 Å². The number of amides is 2. The number of anilines is 2. The van der Waals surface area contributed by atoms with Gasteiger partial charge in [-0.3, -0.25) is 14.5 Å². The second kappa shape index (κ2) is 10.6. The summed E-state index contributed by atoms with van der Waals surface area (Å²) in [6, 6.07) is 14.8. The third-order valence-electron chi connectivity index (χ3n) is 3.94. The molecule has 0 atom stereocenters. The summed E-state index contributed by atoms with van der Waals surface area (Å²) >= 11 is 1.58. The number of nitrogens with zero attached hydrogens (tertiary/aromatic N) is 1. The molecule has 0 aliphatic heterocycles. The summed E-state index contributed by atoms with van der Waals surface area (Å²) in [7, 11) is 1.59. The molecule has 0 aliphatic rings. The molecule has 144 valence electrons. The average molecular weight is 388 g/mol. The van der Waals surface area contributed by atoms with Crippen molar-refractivity contribution in [3.63, 3.8) is 0 Å². The zero-order valence-electron chi connectivity index (χ0n) is 15.8. The van der Waals surface area contributed by atoms with E-state index in [0.29, 0.717) is 12.2 Å². The molecule has 0 fully saturated rings. The fourth-order valence-electron chi connectivity index (χ4n) is 2.50. The standard InChI is InChI=1S/C20H25N3O3S/c1-4-23(13-19(24)21-15-9-11-16(26-2)12-10-15)14-20(25)22-17-7-5-6-8-18(17)27-3/h5-12H,4,13-14H2,1-3H3,(H,21,24)(H,22,25). The lowest BCUT2D eigenvalue weighted by atomic mass is 10.3. The van der Waals surface area contributed by atoms with Crippen molar-refractivity contribution in [1.82, 2.24) is 4.90 Å². The number of benzene rings is 2. The maximum absolute atomic E-state index is 12.4. The van der Waals surface area contributed by atoms with Crippen molar-refractivity contribution in [3.05, 3.63) is 48.5 Å². The van der Waals surface area contributed by atoms with E-state index in [2.05, 4.69) is 10.6 Å². The Labute approximate surface area is 164 Å². The number of likely N-dealkylation sites (N-methyl/N-ethyl adjacent to an activating group) is 1. The van der Waals surface area contributed by atoms with E-state index in [4.69, 9.17) is 4.74 Å². The zero-order chi connectivity index (χ0) is 19.6. The Morgan fingerprint density at radius 2 is 1.63 bits per heavy atom. The van der Waals surface area contributed by atoms with Crippen LogP contribution in [0, 0.1) is 0 Å². The Hall–Kier alpha value is -2.51. The summed E-state index contributed by atoms with van der Waals surface area (Å²) in [6.45, 7) is 2.80. The number of rotatable bonds is 9. The number of hydrogen-bond donors (Lipinski definition) is 2. The third kappa shape index (κ3) is 6.62. The van der Waals surface area contributed by atoms with Crippen LogP contribution in [0.15, 0.2) is 53.4 Å². The van der Waals surface area contributed by atoms with Gasteiger partial charge in [0.25, 0.3) is 0 Å². The number of methoxy groups -OCH3 is 1. The summed E-state index contributed by atoms with van der Waals surface area (Å²) in [5, 5.41) is 5.74. The molecule has 2 aromatic carbocycles. The van der Waals surface area contributed by atoms with Crippen molar-refractivity contribution in [3.8, 4) is 5.75 Å². The quantitative estimate of drug-likeness (QED) is 0.646. The third-order valence-corrected chi connectivity index (χ3v) is 4.73. The molecule has 0 aromatic heterocycles. The highest BCUT2D eigenvalue weighted by Crippen LogP contribution is 2.24. The van der Waals surface area contributed by atoms with Crippen LogP contribution in [0.4, 0.5) is 11.4 Å². The minimum absolute atomic E-state index is 0.139. The van der Waals surface area contributed by atoms with Gasteiger partial charge in [0.15, 0.2) is 0 Å². The van der Waals surface area contributed by atoms with Crippen LogP contribution in [0.2, 0.25) is 0 Å². The monoisotopic (exact) mass is 387 g/mol. The molecular weight excluding hydrogens is 362 g/mol. The Balaban J connectivity index is 1.88. The summed E-state index contributed by atoms with van der Waals surface area (Å²) in [5.74, 6) is 0.417. The molecule has 0 unspecified atom stereocenters. The second-order valence-electron chi connectivity index (χ2n) is 5.83. The SMILES string of the molecule is CCN(CC(=O)Nc1ccc(OC)cc1)CC(=O)Nc1ccccc1SC. The number of para-hydroxylation sites is 1. The van der Waals surface area contributed by atoms with E-state index in [-0.39, 0.29) is 24.9 Å². The first-order chi connectivity index (χ1) is 13.0. The molecule has 0 saturated carbocycles. The molecule has 0 heterocycles. The molecule has 2 aromatic rings. The normalized spacial score (nSPS) is 10.5. The predicted molar refractivity (Wildman–Crippen MR) is 111 cm³/mol. The van der Waals surface area contributed by atoms with Gasteiger partial charge in [0.05, 0.1) is 25.9 Å². The van der Waals surface area contributed by atoms with Gasteiger partial charge in [0.2, 0.25) is 11.8 Å². The number of hydrogen-bond acceptors (Lipinski definition) is 5. The first kappa shape index (κ1) is 20.8.